The van der Waals surface area contributed by atoms with Crippen LogP contribution < -0.4 is 10.2 Å². The fourth-order valence-corrected chi connectivity index (χ4v) is 4.74. The van der Waals surface area contributed by atoms with Gasteiger partial charge < -0.3 is 10.2 Å². The lowest BCUT2D eigenvalue weighted by Gasteiger charge is -2.23. The van der Waals surface area contributed by atoms with Crippen molar-refractivity contribution in [3.8, 4) is 0 Å². The molecule has 1 aliphatic carbocycles. The number of aryl methyl sites for hydroxylation is 1. The first-order valence-corrected chi connectivity index (χ1v) is 8.82. The zero-order valence-corrected chi connectivity index (χ0v) is 13.9. The van der Waals surface area contributed by atoms with Gasteiger partial charge in [0, 0.05) is 24.0 Å². The average molecular weight is 293 g/mol. The van der Waals surface area contributed by atoms with Crippen LogP contribution >= 0.6 is 11.3 Å². The highest BCUT2D eigenvalue weighted by atomic mass is 32.1. The minimum Gasteiger partial charge on any atom is -0.348 e. The molecule has 1 unspecified atom stereocenters. The minimum absolute atomic E-state index is 0.499. The van der Waals surface area contributed by atoms with E-state index in [1.807, 2.05) is 11.3 Å². The van der Waals surface area contributed by atoms with Gasteiger partial charge in [-0.05, 0) is 51.0 Å². The maximum Gasteiger partial charge on any atom is 0.185 e. The standard InChI is InChI=1S/C16H27N3S/c1-16(2)8-5-10-19(11-9-16)15-18-13-7-4-6-12(17-3)14(13)20-15/h12,17H,4-11H2,1-3H3. The Morgan fingerprint density at radius 1 is 1.25 bits per heavy atom. The number of aromatic nitrogens is 1. The summed E-state index contributed by atoms with van der Waals surface area (Å²) in [5, 5.41) is 4.73. The molecule has 1 N–H and O–H groups in total. The molecule has 1 aromatic rings. The van der Waals surface area contributed by atoms with Gasteiger partial charge in [-0.15, -0.1) is 0 Å². The molecular formula is C16H27N3S. The highest BCUT2D eigenvalue weighted by Crippen LogP contribution is 2.39. The number of thiazole rings is 1. The van der Waals surface area contributed by atoms with Crippen LogP contribution in [0.15, 0.2) is 0 Å². The van der Waals surface area contributed by atoms with E-state index in [9.17, 15) is 0 Å². The Bertz CT molecular complexity index is 466. The topological polar surface area (TPSA) is 28.2 Å². The second-order valence-corrected chi connectivity index (χ2v) is 8.05. The van der Waals surface area contributed by atoms with Crippen LogP contribution in [0, 0.1) is 5.41 Å². The van der Waals surface area contributed by atoms with E-state index in [0.29, 0.717) is 11.5 Å². The van der Waals surface area contributed by atoms with Gasteiger partial charge in [0.25, 0.3) is 0 Å². The summed E-state index contributed by atoms with van der Waals surface area (Å²) in [4.78, 5) is 9.00. The molecule has 3 rings (SSSR count). The monoisotopic (exact) mass is 293 g/mol. The van der Waals surface area contributed by atoms with Crippen LogP contribution in [0.2, 0.25) is 0 Å². The number of anilines is 1. The highest BCUT2D eigenvalue weighted by Gasteiger charge is 2.28. The van der Waals surface area contributed by atoms with Gasteiger partial charge in [0.2, 0.25) is 0 Å². The second kappa shape index (κ2) is 5.64. The molecule has 0 aromatic carbocycles. The Labute approximate surface area is 126 Å². The third-order valence-electron chi connectivity index (χ3n) is 4.90. The molecule has 0 bridgehead atoms. The maximum absolute atomic E-state index is 4.97. The molecule has 20 heavy (non-hydrogen) atoms. The van der Waals surface area contributed by atoms with Gasteiger partial charge in [0.1, 0.15) is 0 Å². The fraction of sp³-hybridized carbons (Fsp3) is 0.812. The number of hydrogen-bond donors (Lipinski definition) is 1. The van der Waals surface area contributed by atoms with Gasteiger partial charge in [-0.1, -0.05) is 25.2 Å². The van der Waals surface area contributed by atoms with E-state index in [4.69, 9.17) is 4.98 Å². The normalized spacial score (nSPS) is 26.1. The van der Waals surface area contributed by atoms with Crippen molar-refractivity contribution in [2.45, 2.75) is 58.4 Å². The van der Waals surface area contributed by atoms with E-state index in [0.717, 1.165) is 0 Å². The van der Waals surface area contributed by atoms with E-state index in [-0.39, 0.29) is 0 Å². The smallest absolute Gasteiger partial charge is 0.185 e. The van der Waals surface area contributed by atoms with E-state index in [1.54, 1.807) is 0 Å². The van der Waals surface area contributed by atoms with Crippen molar-refractivity contribution in [3.05, 3.63) is 10.6 Å². The van der Waals surface area contributed by atoms with E-state index >= 15 is 0 Å². The van der Waals surface area contributed by atoms with Crippen molar-refractivity contribution in [2.75, 3.05) is 25.0 Å². The molecule has 1 aromatic heterocycles. The molecule has 0 saturated carbocycles. The summed E-state index contributed by atoms with van der Waals surface area (Å²) >= 11 is 1.94. The van der Waals surface area contributed by atoms with Gasteiger partial charge in [-0.25, -0.2) is 4.98 Å². The molecular weight excluding hydrogens is 266 g/mol. The molecule has 0 radical (unpaired) electrons. The second-order valence-electron chi connectivity index (χ2n) is 7.05. The lowest BCUT2D eigenvalue weighted by Crippen LogP contribution is -2.24. The summed E-state index contributed by atoms with van der Waals surface area (Å²) in [5.74, 6) is 0. The van der Waals surface area contributed by atoms with Gasteiger partial charge in [0.15, 0.2) is 5.13 Å². The van der Waals surface area contributed by atoms with Gasteiger partial charge in [0.05, 0.1) is 5.69 Å². The van der Waals surface area contributed by atoms with Crippen LogP contribution in [0.3, 0.4) is 0 Å². The first kappa shape index (κ1) is 14.3. The molecule has 4 heteroatoms. The van der Waals surface area contributed by atoms with E-state index < -0.39 is 0 Å². The van der Waals surface area contributed by atoms with Crippen molar-refractivity contribution in [2.24, 2.45) is 5.41 Å². The SMILES string of the molecule is CNC1CCCc2nc(N3CCCC(C)(C)CC3)sc21. The van der Waals surface area contributed by atoms with Gasteiger partial charge in [-0.2, -0.15) is 0 Å². The van der Waals surface area contributed by atoms with Crippen molar-refractivity contribution in [3.63, 3.8) is 0 Å². The Morgan fingerprint density at radius 3 is 2.90 bits per heavy atom. The van der Waals surface area contributed by atoms with Crippen molar-refractivity contribution in [1.29, 1.82) is 0 Å². The number of fused-ring (bicyclic) bond motifs is 1. The lowest BCUT2D eigenvalue weighted by atomic mass is 9.85. The summed E-state index contributed by atoms with van der Waals surface area (Å²) in [6.07, 6.45) is 7.63. The molecule has 2 heterocycles. The predicted molar refractivity (Wildman–Crippen MR) is 86.7 cm³/mol. The Hall–Kier alpha value is -0.610. The van der Waals surface area contributed by atoms with Crippen molar-refractivity contribution in [1.82, 2.24) is 10.3 Å². The van der Waals surface area contributed by atoms with Crippen LogP contribution in [0.25, 0.3) is 0 Å². The average Bonchev–Trinajstić information content (AvgIpc) is 2.77. The number of nitrogens with one attached hydrogen (secondary N) is 1. The summed E-state index contributed by atoms with van der Waals surface area (Å²) < 4.78 is 0. The number of hydrogen-bond acceptors (Lipinski definition) is 4. The van der Waals surface area contributed by atoms with E-state index in [1.165, 1.54) is 67.3 Å². The molecule has 1 aliphatic heterocycles. The van der Waals surface area contributed by atoms with Gasteiger partial charge >= 0.3 is 0 Å². The molecule has 1 atom stereocenters. The van der Waals surface area contributed by atoms with Crippen molar-refractivity contribution < 1.29 is 0 Å². The number of rotatable bonds is 2. The molecule has 0 spiro atoms. The summed E-state index contributed by atoms with van der Waals surface area (Å²) in [5.41, 5.74) is 1.86. The van der Waals surface area contributed by atoms with Crippen LogP contribution in [-0.2, 0) is 6.42 Å². The van der Waals surface area contributed by atoms with Crippen LogP contribution in [-0.4, -0.2) is 25.1 Å². The third-order valence-corrected chi connectivity index (χ3v) is 6.17. The van der Waals surface area contributed by atoms with Crippen LogP contribution in [0.5, 0.6) is 0 Å². The lowest BCUT2D eigenvalue weighted by molar-refractivity contribution is 0.325. The molecule has 3 nitrogen and oxygen atoms in total. The number of nitrogens with zero attached hydrogens (tertiary/aromatic N) is 2. The Kier molecular flexibility index (Phi) is 4.04. The molecule has 1 saturated heterocycles. The summed E-state index contributed by atoms with van der Waals surface area (Å²) in [7, 11) is 2.08. The summed E-state index contributed by atoms with van der Waals surface area (Å²) in [6.45, 7) is 7.16. The van der Waals surface area contributed by atoms with Gasteiger partial charge in [-0.3, -0.25) is 0 Å². The first-order chi connectivity index (χ1) is 9.59. The Balaban J connectivity index is 1.79. The molecule has 112 valence electrons. The predicted octanol–water partition coefficient (Wildman–Crippen LogP) is 3.76. The molecule has 0 amide bonds. The Morgan fingerprint density at radius 2 is 2.10 bits per heavy atom. The maximum atomic E-state index is 4.97. The molecule has 1 fully saturated rings. The van der Waals surface area contributed by atoms with Crippen LogP contribution in [0.1, 0.15) is 62.6 Å². The molecule has 2 aliphatic rings. The summed E-state index contributed by atoms with van der Waals surface area (Å²) in [6, 6.07) is 0.536. The quantitative estimate of drug-likeness (QED) is 0.900. The first-order valence-electron chi connectivity index (χ1n) is 8.01. The minimum atomic E-state index is 0.499. The third kappa shape index (κ3) is 2.86. The zero-order valence-electron chi connectivity index (χ0n) is 13.0. The highest BCUT2D eigenvalue weighted by molar-refractivity contribution is 7.15. The largest absolute Gasteiger partial charge is 0.348 e. The van der Waals surface area contributed by atoms with E-state index in [2.05, 4.69) is 31.1 Å². The van der Waals surface area contributed by atoms with Crippen molar-refractivity contribution >= 4 is 16.5 Å². The fourth-order valence-electron chi connectivity index (χ4n) is 3.43. The zero-order chi connectivity index (χ0) is 14.2. The van der Waals surface area contributed by atoms with Crippen LogP contribution in [0.4, 0.5) is 5.13 Å².